The molecule has 2 aromatic carbocycles. The van der Waals surface area contributed by atoms with Crippen LogP contribution in [0.3, 0.4) is 0 Å². The highest BCUT2D eigenvalue weighted by Crippen LogP contribution is 2.17. The fraction of sp³-hybridized carbons (Fsp3) is 0.133. The highest BCUT2D eigenvalue weighted by Gasteiger charge is 2.08. The lowest BCUT2D eigenvalue weighted by Crippen LogP contribution is -2.05. The molecule has 0 radical (unpaired) electrons. The van der Waals surface area contributed by atoms with E-state index in [1.165, 1.54) is 16.4 Å². The van der Waals surface area contributed by atoms with Crippen LogP contribution >= 0.6 is 15.9 Å². The van der Waals surface area contributed by atoms with Gasteiger partial charge in [0, 0.05) is 15.6 Å². The van der Waals surface area contributed by atoms with Crippen molar-refractivity contribution < 1.29 is 4.39 Å². The van der Waals surface area contributed by atoms with Crippen LogP contribution < -0.4 is 0 Å². The molecule has 0 amide bonds. The van der Waals surface area contributed by atoms with Crippen LogP contribution in [-0.2, 0) is 6.54 Å². The Morgan fingerprint density at radius 1 is 1.14 bits per heavy atom. The number of hydrogen-bond acceptors (Lipinski definition) is 3. The van der Waals surface area contributed by atoms with Crippen molar-refractivity contribution in [2.75, 3.05) is 0 Å². The van der Waals surface area contributed by atoms with Crippen molar-refractivity contribution in [2.24, 2.45) is 0 Å². The molecule has 0 spiro atoms. The van der Waals surface area contributed by atoms with Gasteiger partial charge in [-0.1, -0.05) is 51.8 Å². The summed E-state index contributed by atoms with van der Waals surface area (Å²) in [5, 5.41) is 12.3. The second kappa shape index (κ2) is 5.73. The Morgan fingerprint density at radius 3 is 2.62 bits per heavy atom. The molecule has 0 bridgehead atoms. The molecule has 3 rings (SSSR count). The molecule has 0 aliphatic rings. The van der Waals surface area contributed by atoms with Gasteiger partial charge in [-0.15, -0.1) is 10.2 Å². The molecule has 6 heteroatoms. The van der Waals surface area contributed by atoms with Gasteiger partial charge in [0.2, 0.25) is 5.82 Å². The highest BCUT2D eigenvalue weighted by atomic mass is 79.9. The van der Waals surface area contributed by atoms with Crippen LogP contribution in [0.25, 0.3) is 11.4 Å². The maximum Gasteiger partial charge on any atom is 0.204 e. The molecule has 0 aliphatic carbocycles. The van der Waals surface area contributed by atoms with Crippen LogP contribution in [0, 0.1) is 12.7 Å². The second-order valence-corrected chi connectivity index (χ2v) is 5.66. The van der Waals surface area contributed by atoms with Crippen molar-refractivity contribution in [1.82, 2.24) is 20.2 Å². The molecule has 21 heavy (non-hydrogen) atoms. The van der Waals surface area contributed by atoms with Crippen LogP contribution in [-0.4, -0.2) is 20.2 Å². The Labute approximate surface area is 129 Å². The predicted octanol–water partition coefficient (Wildman–Crippen LogP) is 3.60. The quantitative estimate of drug-likeness (QED) is 0.727. The lowest BCUT2D eigenvalue weighted by molar-refractivity contribution is 0.538. The van der Waals surface area contributed by atoms with E-state index in [4.69, 9.17) is 0 Å². The summed E-state index contributed by atoms with van der Waals surface area (Å²) >= 11 is 3.23. The van der Waals surface area contributed by atoms with Gasteiger partial charge in [0.15, 0.2) is 0 Å². The third-order valence-electron chi connectivity index (χ3n) is 3.09. The van der Waals surface area contributed by atoms with Gasteiger partial charge in [-0.05, 0) is 24.3 Å². The largest absolute Gasteiger partial charge is 0.207 e. The van der Waals surface area contributed by atoms with Gasteiger partial charge >= 0.3 is 0 Å². The Bertz CT molecular complexity index is 768. The first-order valence-electron chi connectivity index (χ1n) is 6.40. The van der Waals surface area contributed by atoms with E-state index in [9.17, 15) is 4.39 Å². The van der Waals surface area contributed by atoms with Crippen molar-refractivity contribution in [1.29, 1.82) is 0 Å². The topological polar surface area (TPSA) is 43.6 Å². The van der Waals surface area contributed by atoms with E-state index in [0.29, 0.717) is 15.9 Å². The Morgan fingerprint density at radius 2 is 1.90 bits per heavy atom. The third kappa shape index (κ3) is 3.16. The van der Waals surface area contributed by atoms with E-state index in [0.717, 1.165) is 5.56 Å². The molecule has 1 heterocycles. The molecule has 0 aliphatic heterocycles. The van der Waals surface area contributed by atoms with Crippen LogP contribution in [0.15, 0.2) is 46.9 Å². The number of tetrazole rings is 1. The average molecular weight is 347 g/mol. The van der Waals surface area contributed by atoms with Crippen molar-refractivity contribution >= 4 is 15.9 Å². The zero-order chi connectivity index (χ0) is 14.8. The maximum atomic E-state index is 13.8. The maximum absolute atomic E-state index is 13.8. The first-order valence-corrected chi connectivity index (χ1v) is 7.20. The fourth-order valence-electron chi connectivity index (χ4n) is 1.93. The summed E-state index contributed by atoms with van der Waals surface area (Å²) < 4.78 is 14.5. The normalized spacial score (nSPS) is 10.8. The van der Waals surface area contributed by atoms with E-state index in [1.807, 2.05) is 31.2 Å². The Balaban J connectivity index is 1.83. The molecule has 0 unspecified atom stereocenters. The zero-order valence-electron chi connectivity index (χ0n) is 11.3. The number of rotatable bonds is 3. The van der Waals surface area contributed by atoms with Gasteiger partial charge in [0.25, 0.3) is 0 Å². The Hall–Kier alpha value is -2.08. The van der Waals surface area contributed by atoms with Gasteiger partial charge in [0.05, 0.1) is 6.54 Å². The van der Waals surface area contributed by atoms with Crippen LogP contribution in [0.1, 0.15) is 11.1 Å². The number of hydrogen-bond donors (Lipinski definition) is 0. The zero-order valence-corrected chi connectivity index (χ0v) is 12.9. The standard InChI is InChI=1S/C15H12BrFN4/c1-10-2-4-11(5-3-10)15-18-20-21(19-15)9-12-6-7-13(16)8-14(12)17/h2-8H,9H2,1H3. The average Bonchev–Trinajstić information content (AvgIpc) is 2.91. The molecule has 106 valence electrons. The Kier molecular flexibility index (Phi) is 3.79. The van der Waals surface area contributed by atoms with Crippen molar-refractivity contribution in [3.05, 3.63) is 63.9 Å². The number of nitrogens with zero attached hydrogens (tertiary/aromatic N) is 4. The number of benzene rings is 2. The van der Waals surface area contributed by atoms with Crippen LogP contribution in [0.2, 0.25) is 0 Å². The lowest BCUT2D eigenvalue weighted by atomic mass is 10.1. The monoisotopic (exact) mass is 346 g/mol. The highest BCUT2D eigenvalue weighted by molar-refractivity contribution is 9.10. The first kappa shape index (κ1) is 13.9. The minimum absolute atomic E-state index is 0.248. The van der Waals surface area contributed by atoms with Gasteiger partial charge in [-0.3, -0.25) is 0 Å². The molecule has 4 nitrogen and oxygen atoms in total. The molecular weight excluding hydrogens is 335 g/mol. The summed E-state index contributed by atoms with van der Waals surface area (Å²) in [6.07, 6.45) is 0. The minimum atomic E-state index is -0.293. The van der Waals surface area contributed by atoms with E-state index >= 15 is 0 Å². The summed E-state index contributed by atoms with van der Waals surface area (Å²) in [7, 11) is 0. The summed E-state index contributed by atoms with van der Waals surface area (Å²) in [4.78, 5) is 1.39. The van der Waals surface area contributed by atoms with E-state index in [-0.39, 0.29) is 12.4 Å². The molecule has 0 fully saturated rings. The molecule has 3 aromatic rings. The summed E-state index contributed by atoms with van der Waals surface area (Å²) in [5.74, 6) is 0.242. The fourth-order valence-corrected chi connectivity index (χ4v) is 2.26. The molecular formula is C15H12BrFN4. The molecule has 0 atom stereocenters. The van der Waals surface area contributed by atoms with Crippen LogP contribution in [0.5, 0.6) is 0 Å². The second-order valence-electron chi connectivity index (χ2n) is 4.75. The van der Waals surface area contributed by atoms with Crippen molar-refractivity contribution in [3.8, 4) is 11.4 Å². The van der Waals surface area contributed by atoms with Gasteiger partial charge < -0.3 is 0 Å². The summed E-state index contributed by atoms with van der Waals surface area (Å²) in [6, 6.07) is 12.8. The summed E-state index contributed by atoms with van der Waals surface area (Å²) in [6.45, 7) is 2.27. The van der Waals surface area contributed by atoms with E-state index in [2.05, 4.69) is 31.3 Å². The molecule has 0 saturated heterocycles. The summed E-state index contributed by atoms with van der Waals surface area (Å²) in [5.41, 5.74) is 2.58. The van der Waals surface area contributed by atoms with E-state index in [1.54, 1.807) is 12.1 Å². The van der Waals surface area contributed by atoms with Gasteiger partial charge in [-0.25, -0.2) is 4.39 Å². The predicted molar refractivity (Wildman–Crippen MR) is 81.2 cm³/mol. The third-order valence-corrected chi connectivity index (χ3v) is 3.58. The lowest BCUT2D eigenvalue weighted by Gasteiger charge is -2.02. The number of aromatic nitrogens is 4. The first-order chi connectivity index (χ1) is 10.1. The SMILES string of the molecule is Cc1ccc(-c2nnn(Cc3ccc(Br)cc3F)n2)cc1. The van der Waals surface area contributed by atoms with Crippen molar-refractivity contribution in [3.63, 3.8) is 0 Å². The molecule has 0 saturated carbocycles. The number of aryl methyl sites for hydroxylation is 1. The van der Waals surface area contributed by atoms with Crippen molar-refractivity contribution in [2.45, 2.75) is 13.5 Å². The molecule has 0 N–H and O–H groups in total. The molecule has 1 aromatic heterocycles. The number of halogens is 2. The smallest absolute Gasteiger partial charge is 0.204 e. The van der Waals surface area contributed by atoms with E-state index < -0.39 is 0 Å². The van der Waals surface area contributed by atoms with Gasteiger partial charge in [0.1, 0.15) is 5.82 Å². The van der Waals surface area contributed by atoms with Gasteiger partial charge in [-0.2, -0.15) is 4.80 Å². The van der Waals surface area contributed by atoms with Crippen LogP contribution in [0.4, 0.5) is 4.39 Å². The minimum Gasteiger partial charge on any atom is -0.207 e.